The fourth-order valence-electron chi connectivity index (χ4n) is 2.68. The fraction of sp³-hybridized carbons (Fsp3) is 0.364. The van der Waals surface area contributed by atoms with Gasteiger partial charge in [-0.1, -0.05) is 38.1 Å². The van der Waals surface area contributed by atoms with Crippen molar-refractivity contribution in [3.63, 3.8) is 0 Å². The minimum absolute atomic E-state index is 0.0724. The van der Waals surface area contributed by atoms with Gasteiger partial charge in [-0.15, -0.1) is 0 Å². The lowest BCUT2D eigenvalue weighted by Gasteiger charge is -2.20. The summed E-state index contributed by atoms with van der Waals surface area (Å²) in [5, 5.41) is 2.86. The molecule has 2 atom stereocenters. The Balaban J connectivity index is 2.09. The van der Waals surface area contributed by atoms with E-state index in [1.807, 2.05) is 30.3 Å². The van der Waals surface area contributed by atoms with E-state index in [1.54, 1.807) is 32.2 Å². The summed E-state index contributed by atoms with van der Waals surface area (Å²) in [6.45, 7) is 7.50. The van der Waals surface area contributed by atoms with E-state index in [0.29, 0.717) is 11.6 Å². The maximum atomic E-state index is 12.6. The predicted octanol–water partition coefficient (Wildman–Crippen LogP) is 4.59. The van der Waals surface area contributed by atoms with Crippen molar-refractivity contribution in [3.8, 4) is 5.75 Å². The number of carbonyl (C=O) groups excluding carboxylic acids is 2. The molecule has 0 heterocycles. The van der Waals surface area contributed by atoms with Crippen LogP contribution >= 0.6 is 0 Å². The van der Waals surface area contributed by atoms with E-state index in [2.05, 4.69) is 19.2 Å². The number of amides is 2. The summed E-state index contributed by atoms with van der Waals surface area (Å²) in [6, 6.07) is 15.0. The number of rotatable bonds is 7. The molecule has 2 aromatic carbocycles. The fourth-order valence-corrected chi connectivity index (χ4v) is 2.68. The summed E-state index contributed by atoms with van der Waals surface area (Å²) in [7, 11) is 1.70. The summed E-state index contributed by atoms with van der Waals surface area (Å²) >= 11 is 0. The first kappa shape index (κ1) is 20.5. The number of nitrogens with zero attached hydrogens (tertiary/aromatic N) is 1. The van der Waals surface area contributed by atoms with E-state index in [9.17, 15) is 9.59 Å². The van der Waals surface area contributed by atoms with Gasteiger partial charge in [0.15, 0.2) is 6.10 Å². The summed E-state index contributed by atoms with van der Waals surface area (Å²) in [4.78, 5) is 25.6. The molecule has 2 rings (SSSR count). The van der Waals surface area contributed by atoms with Crippen LogP contribution in [0, 0.1) is 0 Å². The van der Waals surface area contributed by atoms with E-state index >= 15 is 0 Å². The third-order valence-corrected chi connectivity index (χ3v) is 4.71. The molecule has 5 heteroatoms. The Morgan fingerprint density at radius 1 is 1.11 bits per heavy atom. The predicted molar refractivity (Wildman–Crippen MR) is 109 cm³/mol. The van der Waals surface area contributed by atoms with Crippen LogP contribution in [0.5, 0.6) is 5.75 Å². The van der Waals surface area contributed by atoms with Crippen molar-refractivity contribution in [1.82, 2.24) is 0 Å². The number of anilines is 2. The normalized spacial score (nSPS) is 12.8. The Hall–Kier alpha value is -2.82. The van der Waals surface area contributed by atoms with E-state index in [4.69, 9.17) is 4.74 Å². The van der Waals surface area contributed by atoms with Gasteiger partial charge in [0.1, 0.15) is 5.75 Å². The summed E-state index contributed by atoms with van der Waals surface area (Å²) in [5.74, 6) is 0.781. The Kier molecular flexibility index (Phi) is 6.99. The minimum Gasteiger partial charge on any atom is -0.481 e. The highest BCUT2D eigenvalue weighted by Gasteiger charge is 2.18. The van der Waals surface area contributed by atoms with Crippen LogP contribution < -0.4 is 15.0 Å². The molecule has 0 bridgehead atoms. The minimum atomic E-state index is -0.649. The van der Waals surface area contributed by atoms with Crippen LogP contribution in [0.2, 0.25) is 0 Å². The number of para-hydroxylation sites is 1. The van der Waals surface area contributed by atoms with Crippen molar-refractivity contribution in [1.29, 1.82) is 0 Å². The second-order valence-corrected chi connectivity index (χ2v) is 6.72. The van der Waals surface area contributed by atoms with Crippen LogP contribution in [0.4, 0.5) is 11.4 Å². The zero-order chi connectivity index (χ0) is 20.0. The van der Waals surface area contributed by atoms with Gasteiger partial charge < -0.3 is 15.0 Å². The van der Waals surface area contributed by atoms with E-state index in [1.165, 1.54) is 11.8 Å². The molecular formula is C22H28N2O3. The van der Waals surface area contributed by atoms with Gasteiger partial charge in [-0.25, -0.2) is 0 Å². The maximum Gasteiger partial charge on any atom is 0.265 e. The second-order valence-electron chi connectivity index (χ2n) is 6.72. The molecule has 0 aliphatic rings. The summed E-state index contributed by atoms with van der Waals surface area (Å²) < 4.78 is 5.94. The van der Waals surface area contributed by atoms with E-state index < -0.39 is 6.10 Å². The molecule has 0 radical (unpaired) electrons. The van der Waals surface area contributed by atoms with Gasteiger partial charge in [0.25, 0.3) is 5.91 Å². The highest BCUT2D eigenvalue weighted by Crippen LogP contribution is 2.29. The Labute approximate surface area is 161 Å². The van der Waals surface area contributed by atoms with Crippen LogP contribution in [0.1, 0.15) is 45.6 Å². The van der Waals surface area contributed by atoms with Crippen molar-refractivity contribution < 1.29 is 14.3 Å². The summed E-state index contributed by atoms with van der Waals surface area (Å²) in [5.41, 5.74) is 2.44. The van der Waals surface area contributed by atoms with E-state index in [0.717, 1.165) is 23.4 Å². The molecule has 0 saturated heterocycles. The average Bonchev–Trinajstić information content (AvgIpc) is 2.67. The standard InChI is InChI=1S/C22H28N2O3/c1-6-15(2)20-12-7-8-13-21(20)27-16(3)22(26)23-18-10-9-11-19(14-18)24(5)17(4)25/h7-16H,6H2,1-5H3,(H,23,26). The maximum absolute atomic E-state index is 12.6. The van der Waals surface area contributed by atoms with Gasteiger partial charge >= 0.3 is 0 Å². The molecule has 2 amide bonds. The molecule has 0 aromatic heterocycles. The van der Waals surface area contributed by atoms with Gasteiger partial charge in [-0.2, -0.15) is 0 Å². The zero-order valence-corrected chi connectivity index (χ0v) is 16.7. The van der Waals surface area contributed by atoms with Crippen molar-refractivity contribution in [2.24, 2.45) is 0 Å². The van der Waals surface area contributed by atoms with Crippen LogP contribution in [0.15, 0.2) is 48.5 Å². The molecule has 0 spiro atoms. The Bertz CT molecular complexity index is 804. The lowest BCUT2D eigenvalue weighted by molar-refractivity contribution is -0.122. The molecule has 2 unspecified atom stereocenters. The first-order valence-electron chi connectivity index (χ1n) is 9.24. The molecule has 144 valence electrons. The van der Waals surface area contributed by atoms with Crippen LogP contribution in [-0.4, -0.2) is 25.0 Å². The number of carbonyl (C=O) groups is 2. The van der Waals surface area contributed by atoms with Gasteiger partial charge in [-0.05, 0) is 49.1 Å². The molecule has 0 saturated carbocycles. The number of hydrogen-bond donors (Lipinski definition) is 1. The number of benzene rings is 2. The molecule has 0 aliphatic carbocycles. The van der Waals surface area contributed by atoms with Crippen molar-refractivity contribution in [2.75, 3.05) is 17.3 Å². The molecule has 2 aromatic rings. The molecule has 1 N–H and O–H groups in total. The van der Waals surface area contributed by atoms with Crippen molar-refractivity contribution in [3.05, 3.63) is 54.1 Å². The lowest BCUT2D eigenvalue weighted by Crippen LogP contribution is -2.30. The smallest absolute Gasteiger partial charge is 0.265 e. The average molecular weight is 368 g/mol. The molecule has 0 fully saturated rings. The topological polar surface area (TPSA) is 58.6 Å². The third kappa shape index (κ3) is 5.33. The molecule has 5 nitrogen and oxygen atoms in total. The van der Waals surface area contributed by atoms with E-state index in [-0.39, 0.29) is 11.8 Å². The summed E-state index contributed by atoms with van der Waals surface area (Å²) in [6.07, 6.45) is 0.349. The van der Waals surface area contributed by atoms with Crippen LogP contribution in [-0.2, 0) is 9.59 Å². The highest BCUT2D eigenvalue weighted by atomic mass is 16.5. The Morgan fingerprint density at radius 2 is 1.81 bits per heavy atom. The van der Waals surface area contributed by atoms with Crippen molar-refractivity contribution in [2.45, 2.75) is 46.1 Å². The number of ether oxygens (including phenoxy) is 1. The number of nitrogens with one attached hydrogen (secondary N) is 1. The lowest BCUT2D eigenvalue weighted by atomic mass is 9.98. The highest BCUT2D eigenvalue weighted by molar-refractivity contribution is 5.96. The zero-order valence-electron chi connectivity index (χ0n) is 16.7. The molecule has 27 heavy (non-hydrogen) atoms. The van der Waals surface area contributed by atoms with Gasteiger partial charge in [-0.3, -0.25) is 9.59 Å². The Morgan fingerprint density at radius 3 is 2.48 bits per heavy atom. The van der Waals surface area contributed by atoms with Crippen LogP contribution in [0.3, 0.4) is 0 Å². The molecular weight excluding hydrogens is 340 g/mol. The monoisotopic (exact) mass is 368 g/mol. The van der Waals surface area contributed by atoms with Gasteiger partial charge in [0.2, 0.25) is 5.91 Å². The number of hydrogen-bond acceptors (Lipinski definition) is 3. The SMILES string of the molecule is CCC(C)c1ccccc1OC(C)C(=O)Nc1cccc(N(C)C(C)=O)c1. The van der Waals surface area contributed by atoms with Gasteiger partial charge in [0, 0.05) is 25.3 Å². The first-order chi connectivity index (χ1) is 12.8. The molecule has 0 aliphatic heterocycles. The van der Waals surface area contributed by atoms with Crippen LogP contribution in [0.25, 0.3) is 0 Å². The first-order valence-corrected chi connectivity index (χ1v) is 9.24. The second kappa shape index (κ2) is 9.21. The van der Waals surface area contributed by atoms with Gasteiger partial charge in [0.05, 0.1) is 0 Å². The largest absolute Gasteiger partial charge is 0.481 e. The third-order valence-electron chi connectivity index (χ3n) is 4.71. The quantitative estimate of drug-likeness (QED) is 0.778. The van der Waals surface area contributed by atoms with Crippen molar-refractivity contribution >= 4 is 23.2 Å².